The Bertz CT molecular complexity index is 418. The molecule has 94 valence electrons. The van der Waals surface area contributed by atoms with E-state index < -0.39 is 17.9 Å². The third kappa shape index (κ3) is 3.37. The quantitative estimate of drug-likeness (QED) is 0.768. The molecule has 0 fully saturated rings. The summed E-state index contributed by atoms with van der Waals surface area (Å²) in [7, 11) is 0. The highest BCUT2D eigenvalue weighted by Gasteiger charge is 2.44. The van der Waals surface area contributed by atoms with Crippen molar-refractivity contribution in [3.63, 3.8) is 0 Å². The summed E-state index contributed by atoms with van der Waals surface area (Å²) < 4.78 is 47.5. The van der Waals surface area contributed by atoms with Gasteiger partial charge in [0, 0.05) is 0 Å². The molecule has 0 saturated carbocycles. The van der Waals surface area contributed by atoms with Crippen LogP contribution in [0.5, 0.6) is 5.75 Å². The van der Waals surface area contributed by atoms with Gasteiger partial charge in [-0.15, -0.1) is 0 Å². The molecular formula is C11H11F3O3. The largest absolute Gasteiger partial charge is 0.502 e. The number of aryl methyl sites for hydroxylation is 1. The van der Waals surface area contributed by atoms with Gasteiger partial charge in [0.2, 0.25) is 0 Å². The summed E-state index contributed by atoms with van der Waals surface area (Å²) in [5.41, 5.74) is 0.141. The van der Waals surface area contributed by atoms with Crippen molar-refractivity contribution in [2.45, 2.75) is 20.0 Å². The van der Waals surface area contributed by atoms with Crippen LogP contribution in [0.2, 0.25) is 0 Å². The molecule has 0 N–H and O–H groups in total. The molecule has 1 aromatic rings. The van der Waals surface area contributed by atoms with E-state index in [0.29, 0.717) is 0 Å². The van der Waals surface area contributed by atoms with Gasteiger partial charge < -0.3 is 9.47 Å². The average molecular weight is 248 g/mol. The van der Waals surface area contributed by atoms with Gasteiger partial charge in [-0.25, -0.2) is 9.18 Å². The lowest BCUT2D eigenvalue weighted by Crippen LogP contribution is -2.36. The Morgan fingerprint density at radius 1 is 1.41 bits per heavy atom. The van der Waals surface area contributed by atoms with Crippen LogP contribution in [0.25, 0.3) is 0 Å². The van der Waals surface area contributed by atoms with Crippen LogP contribution in [0.15, 0.2) is 18.2 Å². The van der Waals surface area contributed by atoms with Crippen LogP contribution in [-0.2, 0) is 9.53 Å². The summed E-state index contributed by atoms with van der Waals surface area (Å²) in [6.07, 6.45) is -4.08. The lowest BCUT2D eigenvalue weighted by atomic mass is 10.2. The minimum atomic E-state index is -4.08. The Balaban J connectivity index is 2.82. The smallest absolute Gasteiger partial charge is 0.459 e. The molecule has 1 aromatic carbocycles. The molecule has 0 aromatic heterocycles. The summed E-state index contributed by atoms with van der Waals surface area (Å²) in [4.78, 5) is 10.8. The number of esters is 1. The number of hydrogen-bond donors (Lipinski definition) is 0. The van der Waals surface area contributed by atoms with E-state index in [1.54, 1.807) is 0 Å². The van der Waals surface area contributed by atoms with Crippen molar-refractivity contribution in [2.75, 3.05) is 6.61 Å². The Hall–Kier alpha value is -1.72. The maximum Gasteiger partial charge on any atom is 0.502 e. The molecule has 0 unspecified atom stereocenters. The van der Waals surface area contributed by atoms with Crippen LogP contribution in [0, 0.1) is 12.7 Å². The molecule has 6 heteroatoms. The maximum atomic E-state index is 13.1. The molecule has 0 bridgehead atoms. The fourth-order valence-electron chi connectivity index (χ4n) is 1.09. The molecule has 3 nitrogen and oxygen atoms in total. The number of hydrogen-bond acceptors (Lipinski definition) is 3. The predicted octanol–water partition coefficient (Wildman–Crippen LogP) is 2.67. The predicted molar refractivity (Wildman–Crippen MR) is 53.3 cm³/mol. The third-order valence-electron chi connectivity index (χ3n) is 1.89. The first-order valence-corrected chi connectivity index (χ1v) is 4.87. The fraction of sp³-hybridized carbons (Fsp3) is 0.364. The monoisotopic (exact) mass is 248 g/mol. The minimum absolute atomic E-state index is 0.141. The molecule has 0 atom stereocenters. The molecular weight excluding hydrogens is 237 g/mol. The SMILES string of the molecule is CCOC(=O)C(F)(F)Oc1ccc(F)c(C)c1. The third-order valence-corrected chi connectivity index (χ3v) is 1.89. The van der Waals surface area contributed by atoms with Gasteiger partial charge in [0.15, 0.2) is 0 Å². The van der Waals surface area contributed by atoms with E-state index >= 15 is 0 Å². The second-order valence-corrected chi connectivity index (χ2v) is 3.25. The molecule has 17 heavy (non-hydrogen) atoms. The highest BCUT2D eigenvalue weighted by Crippen LogP contribution is 2.24. The molecule has 0 radical (unpaired) electrons. The van der Waals surface area contributed by atoms with E-state index in [4.69, 9.17) is 0 Å². The summed E-state index contributed by atoms with van der Waals surface area (Å²) in [5, 5.41) is 0. The second-order valence-electron chi connectivity index (χ2n) is 3.25. The Morgan fingerprint density at radius 3 is 2.59 bits per heavy atom. The normalized spacial score (nSPS) is 11.1. The molecule has 1 rings (SSSR count). The van der Waals surface area contributed by atoms with E-state index in [-0.39, 0.29) is 17.9 Å². The lowest BCUT2D eigenvalue weighted by molar-refractivity contribution is -0.216. The van der Waals surface area contributed by atoms with E-state index in [1.165, 1.54) is 13.8 Å². The summed E-state index contributed by atoms with van der Waals surface area (Å²) in [5.74, 6) is -2.62. The van der Waals surface area contributed by atoms with E-state index in [0.717, 1.165) is 18.2 Å². The van der Waals surface area contributed by atoms with E-state index in [9.17, 15) is 18.0 Å². The van der Waals surface area contributed by atoms with Crippen molar-refractivity contribution in [1.29, 1.82) is 0 Å². The van der Waals surface area contributed by atoms with Crippen molar-refractivity contribution in [1.82, 2.24) is 0 Å². The highest BCUT2D eigenvalue weighted by atomic mass is 19.3. The number of ether oxygens (including phenoxy) is 2. The standard InChI is InChI=1S/C11H11F3O3/c1-3-16-10(15)11(13,14)17-8-4-5-9(12)7(2)6-8/h4-6H,3H2,1-2H3. The number of halogens is 3. The van der Waals surface area contributed by atoms with Crippen molar-refractivity contribution in [3.8, 4) is 5.75 Å². The number of carbonyl (C=O) groups is 1. The van der Waals surface area contributed by atoms with Crippen molar-refractivity contribution >= 4 is 5.97 Å². The molecule has 0 aliphatic carbocycles. The van der Waals surface area contributed by atoms with Gasteiger partial charge in [0.1, 0.15) is 11.6 Å². The number of carbonyl (C=O) groups excluding carboxylic acids is 1. The van der Waals surface area contributed by atoms with Crippen LogP contribution in [0.4, 0.5) is 13.2 Å². The van der Waals surface area contributed by atoms with Crippen LogP contribution >= 0.6 is 0 Å². The average Bonchev–Trinajstić information content (AvgIpc) is 2.23. The number of alkyl halides is 2. The minimum Gasteiger partial charge on any atom is -0.459 e. The first-order valence-electron chi connectivity index (χ1n) is 4.87. The first kappa shape index (κ1) is 13.3. The zero-order valence-electron chi connectivity index (χ0n) is 9.30. The zero-order valence-corrected chi connectivity index (χ0v) is 9.30. The van der Waals surface area contributed by atoms with E-state index in [2.05, 4.69) is 9.47 Å². The van der Waals surface area contributed by atoms with Gasteiger partial charge in [-0.2, -0.15) is 8.78 Å². The number of rotatable bonds is 4. The lowest BCUT2D eigenvalue weighted by Gasteiger charge is -2.16. The van der Waals surface area contributed by atoms with Crippen LogP contribution in [-0.4, -0.2) is 18.7 Å². The molecule has 0 aliphatic rings. The summed E-state index contributed by atoms with van der Waals surface area (Å²) >= 11 is 0. The second kappa shape index (κ2) is 5.07. The van der Waals surface area contributed by atoms with Gasteiger partial charge in [-0.1, -0.05) is 0 Å². The Labute approximate surface area is 96.1 Å². The molecule has 0 saturated heterocycles. The van der Waals surface area contributed by atoms with Crippen LogP contribution < -0.4 is 4.74 Å². The van der Waals surface area contributed by atoms with Crippen LogP contribution in [0.1, 0.15) is 12.5 Å². The van der Waals surface area contributed by atoms with Crippen LogP contribution in [0.3, 0.4) is 0 Å². The Morgan fingerprint density at radius 2 is 2.06 bits per heavy atom. The first-order chi connectivity index (χ1) is 7.86. The summed E-state index contributed by atoms with van der Waals surface area (Å²) in [6.45, 7) is 2.61. The van der Waals surface area contributed by atoms with E-state index in [1.807, 2.05) is 0 Å². The fourth-order valence-corrected chi connectivity index (χ4v) is 1.09. The number of benzene rings is 1. The molecule has 0 amide bonds. The Kier molecular flexibility index (Phi) is 3.98. The highest BCUT2D eigenvalue weighted by molar-refractivity contribution is 5.76. The van der Waals surface area contributed by atoms with Gasteiger partial charge >= 0.3 is 12.1 Å². The van der Waals surface area contributed by atoms with Crippen molar-refractivity contribution in [2.24, 2.45) is 0 Å². The van der Waals surface area contributed by atoms with Gasteiger partial charge in [-0.05, 0) is 37.6 Å². The maximum absolute atomic E-state index is 13.1. The van der Waals surface area contributed by atoms with Crippen molar-refractivity contribution < 1.29 is 27.4 Å². The topological polar surface area (TPSA) is 35.5 Å². The molecule has 0 aliphatic heterocycles. The zero-order chi connectivity index (χ0) is 13.1. The summed E-state index contributed by atoms with van der Waals surface area (Å²) in [6, 6.07) is 3.06. The van der Waals surface area contributed by atoms with Gasteiger partial charge in [0.25, 0.3) is 0 Å². The van der Waals surface area contributed by atoms with Gasteiger partial charge in [-0.3, -0.25) is 0 Å². The molecule has 0 heterocycles. The molecule has 0 spiro atoms. The van der Waals surface area contributed by atoms with Gasteiger partial charge in [0.05, 0.1) is 6.61 Å². The van der Waals surface area contributed by atoms with Crippen molar-refractivity contribution in [3.05, 3.63) is 29.6 Å².